The lowest BCUT2D eigenvalue weighted by Crippen LogP contribution is -2.81. The first-order chi connectivity index (χ1) is 6.18. The number of hydrogen-bond acceptors (Lipinski definition) is 0. The standard InChI is InChI=1S/C8H15N5/c9-7(10)13-8(11)12-6-4-2-1-3-5-6/h1-2,6H,3-5H2,(H6,9,10,11,12,13)/p+1. The largest absolute Gasteiger partial charge is 0.386 e. The predicted octanol–water partition coefficient (Wildman–Crippen LogP) is -2.24. The van der Waals surface area contributed by atoms with Gasteiger partial charge >= 0.3 is 5.96 Å². The molecule has 1 rings (SSSR count). The molecule has 0 radical (unpaired) electrons. The van der Waals surface area contributed by atoms with Gasteiger partial charge in [-0.05, 0) is 24.3 Å². The average Bonchev–Trinajstić information content (AvgIpc) is 2.04. The summed E-state index contributed by atoms with van der Waals surface area (Å²) in [4.78, 5) is 6.75. The van der Waals surface area contributed by atoms with Crippen molar-refractivity contribution in [3.8, 4) is 0 Å². The summed E-state index contributed by atoms with van der Waals surface area (Å²) in [6, 6.07) is 0.355. The molecule has 0 aromatic heterocycles. The Kier molecular flexibility index (Phi) is 3.31. The fourth-order valence-corrected chi connectivity index (χ4v) is 1.31. The lowest BCUT2D eigenvalue weighted by Gasteiger charge is -2.10. The van der Waals surface area contributed by atoms with Gasteiger partial charge in [0.1, 0.15) is 0 Å². The molecule has 0 fully saturated rings. The Balaban J connectivity index is 2.54. The molecule has 0 saturated heterocycles. The van der Waals surface area contributed by atoms with Crippen LogP contribution in [0.15, 0.2) is 17.1 Å². The maximum Gasteiger partial charge on any atom is 0.386 e. The van der Waals surface area contributed by atoms with Gasteiger partial charge in [-0.2, -0.15) is 0 Å². The Labute approximate surface area is 77.4 Å². The van der Waals surface area contributed by atoms with E-state index in [9.17, 15) is 0 Å². The van der Waals surface area contributed by atoms with Crippen molar-refractivity contribution in [3.63, 3.8) is 0 Å². The first-order valence-corrected chi connectivity index (χ1v) is 4.32. The molecule has 5 nitrogen and oxygen atoms in total. The van der Waals surface area contributed by atoms with Gasteiger partial charge in [0.15, 0.2) is 0 Å². The Bertz CT molecular complexity index is 249. The van der Waals surface area contributed by atoms with Crippen LogP contribution < -0.4 is 22.2 Å². The first kappa shape index (κ1) is 9.57. The van der Waals surface area contributed by atoms with Crippen LogP contribution in [-0.4, -0.2) is 18.0 Å². The van der Waals surface area contributed by atoms with E-state index < -0.39 is 0 Å². The Hall–Kier alpha value is -1.52. The van der Waals surface area contributed by atoms with Crippen LogP contribution >= 0.6 is 0 Å². The van der Waals surface area contributed by atoms with Gasteiger partial charge in [-0.25, -0.2) is 0 Å². The minimum atomic E-state index is -0.0173. The predicted molar refractivity (Wildman–Crippen MR) is 52.7 cm³/mol. The molecule has 13 heavy (non-hydrogen) atoms. The molecular weight excluding hydrogens is 166 g/mol. The number of hydrogen-bond donors (Lipinski definition) is 4. The summed E-state index contributed by atoms with van der Waals surface area (Å²) in [5.41, 5.74) is 15.9. The van der Waals surface area contributed by atoms with E-state index in [-0.39, 0.29) is 5.96 Å². The molecule has 0 spiro atoms. The molecule has 1 unspecified atom stereocenters. The van der Waals surface area contributed by atoms with Crippen LogP contribution in [0.4, 0.5) is 0 Å². The van der Waals surface area contributed by atoms with Crippen molar-refractivity contribution in [3.05, 3.63) is 12.2 Å². The van der Waals surface area contributed by atoms with E-state index >= 15 is 0 Å². The zero-order chi connectivity index (χ0) is 9.68. The van der Waals surface area contributed by atoms with E-state index in [4.69, 9.17) is 17.2 Å². The molecule has 5 heteroatoms. The minimum absolute atomic E-state index is 0.0173. The van der Waals surface area contributed by atoms with Crippen LogP contribution in [0.25, 0.3) is 0 Å². The van der Waals surface area contributed by atoms with Crippen molar-refractivity contribution in [1.82, 2.24) is 0 Å². The van der Waals surface area contributed by atoms with Gasteiger partial charge in [0.05, 0.1) is 6.04 Å². The number of nitrogens with zero attached hydrogens (tertiary/aromatic N) is 1. The summed E-state index contributed by atoms with van der Waals surface area (Å²) in [6.45, 7) is 0. The van der Waals surface area contributed by atoms with Crippen LogP contribution in [0.2, 0.25) is 0 Å². The van der Waals surface area contributed by atoms with E-state index in [0.717, 1.165) is 19.3 Å². The minimum Gasteiger partial charge on any atom is -0.356 e. The summed E-state index contributed by atoms with van der Waals surface area (Å²) in [6.07, 6.45) is 7.41. The Morgan fingerprint density at radius 3 is 2.62 bits per heavy atom. The summed E-state index contributed by atoms with van der Waals surface area (Å²) in [5, 5.41) is 0. The summed E-state index contributed by atoms with van der Waals surface area (Å²) >= 11 is 0. The van der Waals surface area contributed by atoms with E-state index in [1.54, 1.807) is 0 Å². The molecule has 7 N–H and O–H groups in total. The normalized spacial score (nSPS) is 22.8. The fraction of sp³-hybridized carbons (Fsp3) is 0.500. The molecule has 1 aliphatic carbocycles. The van der Waals surface area contributed by atoms with E-state index in [2.05, 4.69) is 22.1 Å². The van der Waals surface area contributed by atoms with Gasteiger partial charge in [0.2, 0.25) is 0 Å². The molecule has 0 heterocycles. The van der Waals surface area contributed by atoms with E-state index in [1.807, 2.05) is 0 Å². The number of aliphatic imine (C=N–C) groups is 1. The monoisotopic (exact) mass is 182 g/mol. The lowest BCUT2D eigenvalue weighted by molar-refractivity contribution is -0.505. The molecule has 1 atom stereocenters. The van der Waals surface area contributed by atoms with E-state index in [0.29, 0.717) is 12.0 Å². The zero-order valence-corrected chi connectivity index (χ0v) is 7.53. The second kappa shape index (κ2) is 4.49. The van der Waals surface area contributed by atoms with Crippen LogP contribution in [0.5, 0.6) is 0 Å². The smallest absolute Gasteiger partial charge is 0.356 e. The topological polar surface area (TPSA) is 104 Å². The molecule has 0 amide bonds. The third-order valence-electron chi connectivity index (χ3n) is 1.87. The molecule has 1 aliphatic rings. The Morgan fingerprint density at radius 1 is 1.31 bits per heavy atom. The van der Waals surface area contributed by atoms with Gasteiger partial charge in [0.25, 0.3) is 5.96 Å². The van der Waals surface area contributed by atoms with Gasteiger partial charge in [0, 0.05) is 0 Å². The average molecular weight is 182 g/mol. The second-order valence-corrected chi connectivity index (χ2v) is 3.05. The second-order valence-electron chi connectivity index (χ2n) is 3.05. The maximum absolute atomic E-state index is 5.54. The highest BCUT2D eigenvalue weighted by atomic mass is 15.1. The SMILES string of the molecule is NC(N)=NC(N)=[NH+]C1CC=CCC1. The molecule has 72 valence electrons. The molecular formula is C8H16N5+. The van der Waals surface area contributed by atoms with Crippen LogP contribution in [0.1, 0.15) is 19.3 Å². The van der Waals surface area contributed by atoms with Crippen LogP contribution in [-0.2, 0) is 0 Å². The van der Waals surface area contributed by atoms with Crippen molar-refractivity contribution in [2.75, 3.05) is 0 Å². The quantitative estimate of drug-likeness (QED) is 0.209. The molecule has 0 aromatic carbocycles. The first-order valence-electron chi connectivity index (χ1n) is 4.32. The van der Waals surface area contributed by atoms with Crippen molar-refractivity contribution >= 4 is 11.9 Å². The third-order valence-corrected chi connectivity index (χ3v) is 1.87. The number of nitrogens with one attached hydrogen (secondary N) is 1. The van der Waals surface area contributed by atoms with Crippen LogP contribution in [0, 0.1) is 0 Å². The van der Waals surface area contributed by atoms with Gasteiger partial charge in [-0.1, -0.05) is 12.2 Å². The van der Waals surface area contributed by atoms with Gasteiger partial charge in [-0.3, -0.25) is 10.7 Å². The molecule has 0 aromatic rings. The van der Waals surface area contributed by atoms with Gasteiger partial charge < -0.3 is 11.5 Å². The number of guanidine groups is 2. The zero-order valence-electron chi connectivity index (χ0n) is 7.53. The third kappa shape index (κ3) is 3.59. The number of allylic oxidation sites excluding steroid dienone is 1. The molecule has 0 saturated carbocycles. The summed E-state index contributed by atoms with van der Waals surface area (Å²) in [7, 11) is 0. The fourth-order valence-electron chi connectivity index (χ4n) is 1.31. The van der Waals surface area contributed by atoms with E-state index in [1.165, 1.54) is 0 Å². The van der Waals surface area contributed by atoms with Crippen molar-refractivity contribution < 1.29 is 4.99 Å². The lowest BCUT2D eigenvalue weighted by atomic mass is 10.0. The summed E-state index contributed by atoms with van der Waals surface area (Å²) in [5.74, 6) is 0.275. The highest BCUT2D eigenvalue weighted by Gasteiger charge is 2.10. The molecule has 0 aliphatic heterocycles. The highest BCUT2D eigenvalue weighted by Crippen LogP contribution is 2.05. The maximum atomic E-state index is 5.54. The molecule has 0 bridgehead atoms. The Morgan fingerprint density at radius 2 is 2.08 bits per heavy atom. The number of rotatable bonds is 1. The summed E-state index contributed by atoms with van der Waals surface area (Å²) < 4.78 is 0. The van der Waals surface area contributed by atoms with Crippen molar-refractivity contribution in [2.45, 2.75) is 25.3 Å². The number of nitrogens with two attached hydrogens (primary N) is 3. The van der Waals surface area contributed by atoms with Gasteiger partial charge in [-0.15, -0.1) is 0 Å². The highest BCUT2D eigenvalue weighted by molar-refractivity contribution is 5.89. The van der Waals surface area contributed by atoms with Crippen molar-refractivity contribution in [1.29, 1.82) is 0 Å². The van der Waals surface area contributed by atoms with Crippen molar-refractivity contribution in [2.24, 2.45) is 22.2 Å². The van der Waals surface area contributed by atoms with Crippen LogP contribution in [0.3, 0.4) is 0 Å².